The van der Waals surface area contributed by atoms with E-state index < -0.39 is 35.1 Å². The number of hydrazine groups is 1. The minimum Gasteiger partial charge on any atom is -0.469 e. The Kier molecular flexibility index (Phi) is 6.45. The van der Waals surface area contributed by atoms with Crippen molar-refractivity contribution in [3.05, 3.63) is 71.3 Å². The van der Waals surface area contributed by atoms with Crippen LogP contribution in [0, 0.1) is 5.41 Å². The third-order valence-electron chi connectivity index (χ3n) is 4.37. The van der Waals surface area contributed by atoms with Crippen LogP contribution in [0.3, 0.4) is 0 Å². The fourth-order valence-electron chi connectivity index (χ4n) is 2.73. The quantitative estimate of drug-likeness (QED) is 0.576. The van der Waals surface area contributed by atoms with E-state index in [1.807, 2.05) is 6.07 Å². The zero-order valence-electron chi connectivity index (χ0n) is 15.6. The van der Waals surface area contributed by atoms with Crippen LogP contribution in [0.1, 0.15) is 41.4 Å². The molecule has 2 aromatic carbocycles. The molecule has 0 radical (unpaired) electrons. The molecule has 1 amide bonds. The Bertz CT molecular complexity index is 819. The largest absolute Gasteiger partial charge is 0.469 e. The van der Waals surface area contributed by atoms with Crippen LogP contribution in [-0.2, 0) is 15.7 Å². The number of carbonyl (C=O) groups is 2. The molecular formula is C20H21F3N2O3. The molecule has 0 saturated carbocycles. The summed E-state index contributed by atoms with van der Waals surface area (Å²) >= 11 is 0. The number of alkyl halides is 3. The minimum atomic E-state index is -4.48. The van der Waals surface area contributed by atoms with E-state index in [0.29, 0.717) is 0 Å². The first-order valence-electron chi connectivity index (χ1n) is 8.44. The average Bonchev–Trinajstić information content (AvgIpc) is 2.67. The van der Waals surface area contributed by atoms with E-state index in [1.54, 1.807) is 38.1 Å². The van der Waals surface area contributed by atoms with Crippen molar-refractivity contribution in [3.8, 4) is 0 Å². The van der Waals surface area contributed by atoms with Crippen LogP contribution in [0.5, 0.6) is 0 Å². The van der Waals surface area contributed by atoms with Gasteiger partial charge in [-0.15, -0.1) is 0 Å². The van der Waals surface area contributed by atoms with E-state index in [0.717, 1.165) is 29.8 Å². The van der Waals surface area contributed by atoms with E-state index in [1.165, 1.54) is 7.11 Å². The van der Waals surface area contributed by atoms with Gasteiger partial charge in [0.25, 0.3) is 5.91 Å². The molecule has 2 N–H and O–H groups in total. The second kappa shape index (κ2) is 8.43. The predicted octanol–water partition coefficient (Wildman–Crippen LogP) is 3.88. The summed E-state index contributed by atoms with van der Waals surface area (Å²) in [5, 5.41) is 0. The molecule has 0 aliphatic rings. The van der Waals surface area contributed by atoms with Gasteiger partial charge in [-0.1, -0.05) is 30.3 Å². The van der Waals surface area contributed by atoms with Gasteiger partial charge in [0.1, 0.15) is 0 Å². The summed E-state index contributed by atoms with van der Waals surface area (Å²) in [5.74, 6) is -1.12. The van der Waals surface area contributed by atoms with Crippen molar-refractivity contribution >= 4 is 11.9 Å². The van der Waals surface area contributed by atoms with Gasteiger partial charge in [0.05, 0.1) is 24.1 Å². The number of rotatable bonds is 6. The van der Waals surface area contributed by atoms with Crippen LogP contribution in [0.2, 0.25) is 0 Å². The first kappa shape index (κ1) is 21.4. The van der Waals surface area contributed by atoms with Crippen LogP contribution in [-0.4, -0.2) is 19.0 Å². The van der Waals surface area contributed by atoms with Crippen LogP contribution in [0.4, 0.5) is 13.2 Å². The van der Waals surface area contributed by atoms with Gasteiger partial charge in [-0.05, 0) is 43.7 Å². The lowest BCUT2D eigenvalue weighted by Gasteiger charge is -2.33. The second-order valence-corrected chi connectivity index (χ2v) is 6.73. The number of nitrogens with one attached hydrogen (secondary N) is 2. The molecule has 28 heavy (non-hydrogen) atoms. The van der Waals surface area contributed by atoms with Gasteiger partial charge < -0.3 is 4.74 Å². The van der Waals surface area contributed by atoms with Crippen LogP contribution < -0.4 is 10.9 Å². The van der Waals surface area contributed by atoms with Gasteiger partial charge in [0.2, 0.25) is 0 Å². The van der Waals surface area contributed by atoms with Crippen molar-refractivity contribution < 1.29 is 27.5 Å². The van der Waals surface area contributed by atoms with Crippen molar-refractivity contribution in [2.24, 2.45) is 5.41 Å². The van der Waals surface area contributed by atoms with Gasteiger partial charge in [-0.2, -0.15) is 13.2 Å². The molecule has 150 valence electrons. The first-order chi connectivity index (χ1) is 13.1. The number of benzene rings is 2. The van der Waals surface area contributed by atoms with E-state index in [2.05, 4.69) is 10.9 Å². The third kappa shape index (κ3) is 4.89. The number of methoxy groups -OCH3 is 1. The molecule has 0 spiro atoms. The van der Waals surface area contributed by atoms with Gasteiger partial charge >= 0.3 is 12.1 Å². The van der Waals surface area contributed by atoms with Crippen LogP contribution >= 0.6 is 0 Å². The van der Waals surface area contributed by atoms with Gasteiger partial charge in [-0.25, -0.2) is 5.43 Å². The summed E-state index contributed by atoms with van der Waals surface area (Å²) in [5.41, 5.74) is 4.17. The maximum atomic E-state index is 12.6. The number of amides is 1. The van der Waals surface area contributed by atoms with Gasteiger partial charge in [-0.3, -0.25) is 15.0 Å². The molecule has 1 atom stereocenters. The highest BCUT2D eigenvalue weighted by Crippen LogP contribution is 2.34. The first-order valence-corrected chi connectivity index (χ1v) is 8.44. The normalized spacial score (nSPS) is 12.9. The van der Waals surface area contributed by atoms with Gasteiger partial charge in [0.15, 0.2) is 0 Å². The Morgan fingerprint density at radius 3 is 2.04 bits per heavy atom. The van der Waals surface area contributed by atoms with E-state index in [9.17, 15) is 22.8 Å². The number of halogens is 3. The van der Waals surface area contributed by atoms with E-state index in [4.69, 9.17) is 4.74 Å². The summed E-state index contributed by atoms with van der Waals surface area (Å²) in [6.45, 7) is 3.32. The topological polar surface area (TPSA) is 67.4 Å². The molecule has 2 aromatic rings. The fourth-order valence-corrected chi connectivity index (χ4v) is 2.73. The molecule has 5 nitrogen and oxygen atoms in total. The summed E-state index contributed by atoms with van der Waals surface area (Å²) in [6.07, 6.45) is -4.48. The summed E-state index contributed by atoms with van der Waals surface area (Å²) in [4.78, 5) is 24.5. The van der Waals surface area contributed by atoms with Crippen molar-refractivity contribution in [2.75, 3.05) is 7.11 Å². The van der Waals surface area contributed by atoms with Crippen molar-refractivity contribution in [1.82, 2.24) is 10.9 Å². The van der Waals surface area contributed by atoms with Gasteiger partial charge in [0, 0.05) is 5.56 Å². The van der Waals surface area contributed by atoms with Crippen molar-refractivity contribution in [1.29, 1.82) is 0 Å². The Balaban J connectivity index is 2.19. The summed E-state index contributed by atoms with van der Waals surface area (Å²) < 4.78 is 42.8. The molecule has 0 saturated heterocycles. The Morgan fingerprint density at radius 2 is 1.54 bits per heavy atom. The lowest BCUT2D eigenvalue weighted by atomic mass is 9.81. The maximum absolute atomic E-state index is 12.6. The molecule has 0 aliphatic carbocycles. The predicted molar refractivity (Wildman–Crippen MR) is 97.0 cm³/mol. The van der Waals surface area contributed by atoms with Crippen LogP contribution in [0.25, 0.3) is 0 Å². The smallest absolute Gasteiger partial charge is 0.416 e. The molecule has 0 heterocycles. The molecule has 0 aliphatic heterocycles. The Morgan fingerprint density at radius 1 is 0.964 bits per heavy atom. The van der Waals surface area contributed by atoms with Crippen molar-refractivity contribution in [3.63, 3.8) is 0 Å². The molecular weight excluding hydrogens is 373 g/mol. The average molecular weight is 394 g/mol. The minimum absolute atomic E-state index is 0.0446. The fraction of sp³-hybridized carbons (Fsp3) is 0.300. The zero-order valence-corrected chi connectivity index (χ0v) is 15.6. The molecule has 0 unspecified atom stereocenters. The number of ether oxygens (including phenoxy) is 1. The van der Waals surface area contributed by atoms with Crippen LogP contribution in [0.15, 0.2) is 54.6 Å². The number of esters is 1. The highest BCUT2D eigenvalue weighted by molar-refractivity contribution is 5.93. The highest BCUT2D eigenvalue weighted by Gasteiger charge is 2.39. The number of hydrogen-bond acceptors (Lipinski definition) is 4. The molecule has 2 rings (SSSR count). The zero-order chi connectivity index (χ0) is 20.9. The summed E-state index contributed by atoms with van der Waals surface area (Å²) in [7, 11) is 1.27. The number of carbonyl (C=O) groups excluding carboxylic acids is 2. The Labute approximate surface area is 160 Å². The highest BCUT2D eigenvalue weighted by atomic mass is 19.4. The lowest BCUT2D eigenvalue weighted by molar-refractivity contribution is -0.152. The van der Waals surface area contributed by atoms with E-state index in [-0.39, 0.29) is 5.56 Å². The molecule has 8 heteroatoms. The summed E-state index contributed by atoms with van der Waals surface area (Å²) in [6, 6.07) is 12.2. The third-order valence-corrected chi connectivity index (χ3v) is 4.37. The maximum Gasteiger partial charge on any atom is 0.416 e. The monoisotopic (exact) mass is 394 g/mol. The molecule has 0 bridgehead atoms. The SMILES string of the molecule is COC(=O)C(C)(C)[C@H](NNC(=O)c1ccc(C(F)(F)F)cc1)c1ccccc1. The van der Waals surface area contributed by atoms with Crippen molar-refractivity contribution in [2.45, 2.75) is 26.1 Å². The van der Waals surface area contributed by atoms with E-state index >= 15 is 0 Å². The lowest BCUT2D eigenvalue weighted by Crippen LogP contribution is -2.48. The molecule has 0 aromatic heterocycles. The standard InChI is InChI=1S/C20H21F3N2O3/c1-19(2,18(27)28-3)16(13-7-5-4-6-8-13)24-25-17(26)14-9-11-15(12-10-14)20(21,22)23/h4-12,16,24H,1-3H3,(H,25,26)/t16-/m1/s1. The second-order valence-electron chi connectivity index (χ2n) is 6.73. The molecule has 0 fully saturated rings. The Hall–Kier alpha value is -2.87. The number of hydrogen-bond donors (Lipinski definition) is 2.